The largest absolute Gasteiger partial charge is 0.477 e. The Morgan fingerprint density at radius 3 is 2.55 bits per heavy atom. The fourth-order valence-corrected chi connectivity index (χ4v) is 3.56. The number of halogens is 2. The van der Waals surface area contributed by atoms with Crippen molar-refractivity contribution in [2.24, 2.45) is 0 Å². The molecule has 0 saturated carbocycles. The number of carboxylic acids is 1. The van der Waals surface area contributed by atoms with Gasteiger partial charge in [-0.25, -0.2) is 26.7 Å². The average Bonchev–Trinajstić information content (AvgIpc) is 2.27. The van der Waals surface area contributed by atoms with Crippen molar-refractivity contribution in [3.05, 3.63) is 29.3 Å². The molecule has 9 heteroatoms. The van der Waals surface area contributed by atoms with E-state index in [-0.39, 0.29) is 0 Å². The number of hydrogen-bond acceptors (Lipinski definition) is 4. The summed E-state index contributed by atoms with van der Waals surface area (Å²) in [5.74, 6) is -4.35. The zero-order chi connectivity index (χ0) is 15.5. The van der Waals surface area contributed by atoms with E-state index in [0.29, 0.717) is 17.9 Å². The summed E-state index contributed by atoms with van der Waals surface area (Å²) in [6, 6.07) is 0.832. The van der Waals surface area contributed by atoms with Gasteiger partial charge < -0.3 is 5.11 Å². The van der Waals surface area contributed by atoms with Gasteiger partial charge in [0.05, 0.1) is 0 Å². The normalized spacial score (nSPS) is 13.2. The molecule has 5 nitrogen and oxygen atoms in total. The first-order valence-electron chi connectivity index (χ1n) is 5.43. The van der Waals surface area contributed by atoms with Crippen molar-refractivity contribution < 1.29 is 27.1 Å². The van der Waals surface area contributed by atoms with Gasteiger partial charge in [-0.1, -0.05) is 0 Å². The molecule has 0 saturated heterocycles. The van der Waals surface area contributed by atoms with Crippen LogP contribution in [0.25, 0.3) is 0 Å². The summed E-state index contributed by atoms with van der Waals surface area (Å²) >= 11 is 1.39. The Hall–Kier alpha value is -1.19. The van der Waals surface area contributed by atoms with E-state index in [2.05, 4.69) is 4.72 Å². The third-order valence-electron chi connectivity index (χ3n) is 2.33. The van der Waals surface area contributed by atoms with Gasteiger partial charge in [0.15, 0.2) is 5.82 Å². The van der Waals surface area contributed by atoms with Crippen LogP contribution in [0, 0.1) is 11.6 Å². The third-order valence-corrected chi connectivity index (χ3v) is 4.77. The van der Waals surface area contributed by atoms with Gasteiger partial charge in [-0.3, -0.25) is 0 Å². The Balaban J connectivity index is 3.26. The van der Waals surface area contributed by atoms with Crippen LogP contribution >= 0.6 is 11.8 Å². The maximum atomic E-state index is 13.9. The Morgan fingerprint density at radius 2 is 2.05 bits per heavy atom. The number of hydrogen-bond donors (Lipinski definition) is 2. The lowest BCUT2D eigenvalue weighted by molar-refractivity contribution is 0.0685. The molecular weight excluding hydrogens is 312 g/mol. The van der Waals surface area contributed by atoms with Gasteiger partial charge in [0.2, 0.25) is 10.0 Å². The highest BCUT2D eigenvalue weighted by atomic mass is 32.2. The smallest absolute Gasteiger partial charge is 0.341 e. The van der Waals surface area contributed by atoms with Gasteiger partial charge in [0.1, 0.15) is 16.3 Å². The number of aromatic carboxylic acids is 1. The van der Waals surface area contributed by atoms with Crippen molar-refractivity contribution in [3.8, 4) is 0 Å². The van der Waals surface area contributed by atoms with Crippen molar-refractivity contribution in [2.75, 3.05) is 12.0 Å². The number of thioether (sulfide) groups is 1. The molecule has 1 unspecified atom stereocenters. The molecule has 1 rings (SSSR count). The van der Waals surface area contributed by atoms with Gasteiger partial charge in [0, 0.05) is 11.8 Å². The van der Waals surface area contributed by atoms with E-state index < -0.39 is 44.1 Å². The molecule has 20 heavy (non-hydrogen) atoms. The lowest BCUT2D eigenvalue weighted by atomic mass is 10.2. The summed E-state index contributed by atoms with van der Waals surface area (Å²) in [7, 11) is -4.25. The molecule has 1 aromatic carbocycles. The van der Waals surface area contributed by atoms with Crippen LogP contribution in [-0.2, 0) is 10.0 Å². The molecule has 0 spiro atoms. The first kappa shape index (κ1) is 16.9. The van der Waals surface area contributed by atoms with Gasteiger partial charge in [0.25, 0.3) is 0 Å². The quantitative estimate of drug-likeness (QED) is 0.831. The zero-order valence-electron chi connectivity index (χ0n) is 10.7. The van der Waals surface area contributed by atoms with Gasteiger partial charge in [-0.05, 0) is 25.3 Å². The lowest BCUT2D eigenvalue weighted by Gasteiger charge is -2.14. The maximum Gasteiger partial charge on any atom is 0.341 e. The highest BCUT2D eigenvalue weighted by Gasteiger charge is 2.27. The Kier molecular flexibility index (Phi) is 5.49. The molecule has 0 fully saturated rings. The minimum Gasteiger partial charge on any atom is -0.477 e. The van der Waals surface area contributed by atoms with E-state index in [9.17, 15) is 22.0 Å². The molecule has 0 amide bonds. The third kappa shape index (κ3) is 3.68. The fourth-order valence-electron chi connectivity index (χ4n) is 1.55. The van der Waals surface area contributed by atoms with Crippen LogP contribution in [0.15, 0.2) is 17.0 Å². The van der Waals surface area contributed by atoms with Crippen LogP contribution in [0.4, 0.5) is 8.78 Å². The molecule has 1 aromatic rings. The summed E-state index contributed by atoms with van der Waals surface area (Å²) in [4.78, 5) is 9.86. The van der Waals surface area contributed by atoms with Gasteiger partial charge >= 0.3 is 5.97 Å². The summed E-state index contributed by atoms with van der Waals surface area (Å²) in [5.41, 5.74) is -1.29. The molecule has 1 atom stereocenters. The van der Waals surface area contributed by atoms with Crippen LogP contribution in [0.5, 0.6) is 0 Å². The van der Waals surface area contributed by atoms with Crippen LogP contribution in [0.2, 0.25) is 0 Å². The van der Waals surface area contributed by atoms with E-state index in [1.165, 1.54) is 11.8 Å². The van der Waals surface area contributed by atoms with Crippen molar-refractivity contribution in [2.45, 2.75) is 17.9 Å². The minimum atomic E-state index is -4.25. The lowest BCUT2D eigenvalue weighted by Crippen LogP contribution is -2.35. The molecule has 2 N–H and O–H groups in total. The SMILES string of the molecule is CSCC(C)NS(=O)(=O)c1ccc(F)c(C(=O)O)c1F. The van der Waals surface area contributed by atoms with Crippen molar-refractivity contribution >= 4 is 27.8 Å². The molecule has 0 bridgehead atoms. The summed E-state index contributed by atoms with van der Waals surface area (Å²) in [6.45, 7) is 1.58. The number of carboxylic acid groups (broad SMARTS) is 1. The Labute approximate surface area is 119 Å². The highest BCUT2D eigenvalue weighted by molar-refractivity contribution is 7.98. The minimum absolute atomic E-state index is 0.452. The first-order valence-corrected chi connectivity index (χ1v) is 8.31. The predicted octanol–water partition coefficient (Wildman–Crippen LogP) is 1.69. The van der Waals surface area contributed by atoms with Gasteiger partial charge in [-0.2, -0.15) is 11.8 Å². The molecule has 112 valence electrons. The second kappa shape index (κ2) is 6.51. The maximum absolute atomic E-state index is 13.9. The first-order chi connectivity index (χ1) is 9.20. The molecule has 0 aliphatic carbocycles. The number of benzene rings is 1. The molecule has 0 aliphatic heterocycles. The van der Waals surface area contributed by atoms with Crippen molar-refractivity contribution in [3.63, 3.8) is 0 Å². The van der Waals surface area contributed by atoms with E-state index in [1.54, 1.807) is 13.2 Å². The molecule has 0 aliphatic rings. The van der Waals surface area contributed by atoms with Gasteiger partial charge in [-0.15, -0.1) is 0 Å². The van der Waals surface area contributed by atoms with E-state index in [1.807, 2.05) is 0 Å². The molecule has 0 radical (unpaired) electrons. The second-order valence-corrected chi connectivity index (χ2v) is 6.61. The summed E-state index contributed by atoms with van der Waals surface area (Å²) < 4.78 is 53.2. The molecular formula is C11H13F2NO4S2. The topological polar surface area (TPSA) is 83.5 Å². The van der Waals surface area contributed by atoms with Crippen molar-refractivity contribution in [1.82, 2.24) is 4.72 Å². The van der Waals surface area contributed by atoms with E-state index >= 15 is 0 Å². The van der Waals surface area contributed by atoms with Crippen LogP contribution < -0.4 is 4.72 Å². The van der Waals surface area contributed by atoms with Crippen LogP contribution in [-0.4, -0.2) is 37.5 Å². The zero-order valence-corrected chi connectivity index (χ0v) is 12.3. The average molecular weight is 325 g/mol. The van der Waals surface area contributed by atoms with Crippen LogP contribution in [0.3, 0.4) is 0 Å². The standard InChI is InChI=1S/C11H13F2NO4S2/c1-6(5-19-2)14-20(17,18)8-4-3-7(12)9(10(8)13)11(15)16/h3-4,6,14H,5H2,1-2H3,(H,15,16). The molecule has 0 aromatic heterocycles. The highest BCUT2D eigenvalue weighted by Crippen LogP contribution is 2.21. The van der Waals surface area contributed by atoms with E-state index in [0.717, 1.165) is 0 Å². The predicted molar refractivity (Wildman–Crippen MR) is 71.5 cm³/mol. The Morgan fingerprint density at radius 1 is 1.45 bits per heavy atom. The Bertz CT molecular complexity index is 619. The number of carbonyl (C=O) groups is 1. The number of rotatable bonds is 6. The number of nitrogens with one attached hydrogen (secondary N) is 1. The van der Waals surface area contributed by atoms with E-state index in [4.69, 9.17) is 5.11 Å². The monoisotopic (exact) mass is 325 g/mol. The number of sulfonamides is 1. The summed E-state index contributed by atoms with van der Waals surface area (Å²) in [6.07, 6.45) is 1.77. The summed E-state index contributed by atoms with van der Waals surface area (Å²) in [5, 5.41) is 8.70. The molecule has 0 heterocycles. The fraction of sp³-hybridized carbons (Fsp3) is 0.364. The van der Waals surface area contributed by atoms with Crippen molar-refractivity contribution in [1.29, 1.82) is 0 Å². The van der Waals surface area contributed by atoms with Crippen LogP contribution in [0.1, 0.15) is 17.3 Å². The second-order valence-electron chi connectivity index (χ2n) is 4.02.